The molecule has 5 nitrogen and oxygen atoms in total. The maximum absolute atomic E-state index is 13.0. The highest BCUT2D eigenvalue weighted by Gasteiger charge is 2.22. The molecule has 1 saturated heterocycles. The standard InChI is InChI=1S/C23H23FN4O/c24-20-8-6-18(7-9-20)17-26-22-16-19(10-11-25-22)23(29)28-14-12-27(13-15-28)21-4-2-1-3-5-21/h1-11,16H,12-15,17H2,(H,25,26). The fourth-order valence-corrected chi connectivity index (χ4v) is 3.44. The number of piperazine rings is 1. The normalized spacial score (nSPS) is 14.0. The highest BCUT2D eigenvalue weighted by molar-refractivity contribution is 5.95. The number of amides is 1. The van der Waals surface area contributed by atoms with Gasteiger partial charge in [0, 0.05) is 50.2 Å². The zero-order valence-electron chi connectivity index (χ0n) is 16.1. The molecule has 1 aliphatic heterocycles. The second kappa shape index (κ2) is 8.73. The van der Waals surface area contributed by atoms with Crippen LogP contribution in [0.5, 0.6) is 0 Å². The molecule has 2 aromatic carbocycles. The van der Waals surface area contributed by atoms with E-state index < -0.39 is 0 Å². The van der Waals surface area contributed by atoms with Crippen molar-refractivity contribution in [1.29, 1.82) is 0 Å². The minimum atomic E-state index is -0.258. The molecule has 0 spiro atoms. The first-order valence-electron chi connectivity index (χ1n) is 9.73. The molecule has 148 valence electrons. The van der Waals surface area contributed by atoms with Crippen molar-refractivity contribution >= 4 is 17.4 Å². The number of nitrogens with one attached hydrogen (secondary N) is 1. The Morgan fingerprint density at radius 1 is 0.966 bits per heavy atom. The van der Waals surface area contributed by atoms with E-state index >= 15 is 0 Å². The van der Waals surface area contributed by atoms with Gasteiger partial charge in [-0.3, -0.25) is 4.79 Å². The molecule has 0 unspecified atom stereocenters. The number of halogens is 1. The summed E-state index contributed by atoms with van der Waals surface area (Å²) in [7, 11) is 0. The van der Waals surface area contributed by atoms with E-state index in [1.807, 2.05) is 23.1 Å². The van der Waals surface area contributed by atoms with E-state index in [1.54, 1.807) is 30.5 Å². The highest BCUT2D eigenvalue weighted by Crippen LogP contribution is 2.18. The summed E-state index contributed by atoms with van der Waals surface area (Å²) in [4.78, 5) is 21.4. The lowest BCUT2D eigenvalue weighted by atomic mass is 10.2. The lowest BCUT2D eigenvalue weighted by Crippen LogP contribution is -2.48. The van der Waals surface area contributed by atoms with Crippen LogP contribution in [0, 0.1) is 5.82 Å². The summed E-state index contributed by atoms with van der Waals surface area (Å²) < 4.78 is 13.0. The third-order valence-corrected chi connectivity index (χ3v) is 5.08. The van der Waals surface area contributed by atoms with Crippen LogP contribution in [-0.2, 0) is 6.54 Å². The summed E-state index contributed by atoms with van der Waals surface area (Å²) in [5, 5.41) is 3.19. The Kier molecular flexibility index (Phi) is 5.70. The predicted molar refractivity (Wildman–Crippen MR) is 113 cm³/mol. The van der Waals surface area contributed by atoms with Crippen LogP contribution in [0.15, 0.2) is 72.9 Å². The summed E-state index contributed by atoms with van der Waals surface area (Å²) in [6.45, 7) is 3.52. The van der Waals surface area contributed by atoms with Gasteiger partial charge in [0.15, 0.2) is 0 Å². The average Bonchev–Trinajstić information content (AvgIpc) is 2.79. The van der Waals surface area contributed by atoms with Gasteiger partial charge in [0.2, 0.25) is 0 Å². The van der Waals surface area contributed by atoms with E-state index in [2.05, 4.69) is 27.3 Å². The minimum absolute atomic E-state index is 0.0185. The molecular formula is C23H23FN4O. The van der Waals surface area contributed by atoms with E-state index in [0.717, 1.165) is 18.7 Å². The number of para-hydroxylation sites is 1. The van der Waals surface area contributed by atoms with Crippen LogP contribution < -0.4 is 10.2 Å². The minimum Gasteiger partial charge on any atom is -0.368 e. The Balaban J connectivity index is 1.35. The number of rotatable bonds is 5. The second-order valence-corrected chi connectivity index (χ2v) is 7.02. The molecule has 1 aromatic heterocycles. The van der Waals surface area contributed by atoms with Gasteiger partial charge in [0.05, 0.1) is 0 Å². The van der Waals surface area contributed by atoms with Gasteiger partial charge in [0.1, 0.15) is 11.6 Å². The number of nitrogens with zero attached hydrogens (tertiary/aromatic N) is 3. The van der Waals surface area contributed by atoms with Crippen molar-refractivity contribution in [3.63, 3.8) is 0 Å². The van der Waals surface area contributed by atoms with Crippen LogP contribution >= 0.6 is 0 Å². The van der Waals surface area contributed by atoms with Gasteiger partial charge in [-0.15, -0.1) is 0 Å². The lowest BCUT2D eigenvalue weighted by molar-refractivity contribution is 0.0746. The van der Waals surface area contributed by atoms with E-state index in [1.165, 1.54) is 17.8 Å². The molecule has 4 rings (SSSR count). The third-order valence-electron chi connectivity index (χ3n) is 5.08. The first-order valence-corrected chi connectivity index (χ1v) is 9.73. The quantitative estimate of drug-likeness (QED) is 0.720. The van der Waals surface area contributed by atoms with E-state index in [9.17, 15) is 9.18 Å². The highest BCUT2D eigenvalue weighted by atomic mass is 19.1. The van der Waals surface area contributed by atoms with Crippen molar-refractivity contribution in [2.45, 2.75) is 6.54 Å². The Morgan fingerprint density at radius 2 is 1.69 bits per heavy atom. The summed E-state index contributed by atoms with van der Waals surface area (Å²) in [6.07, 6.45) is 1.64. The van der Waals surface area contributed by atoms with Crippen molar-refractivity contribution in [3.05, 3.63) is 89.9 Å². The van der Waals surface area contributed by atoms with Crippen LogP contribution in [-0.4, -0.2) is 42.0 Å². The van der Waals surface area contributed by atoms with Gasteiger partial charge in [-0.05, 0) is 42.0 Å². The van der Waals surface area contributed by atoms with Gasteiger partial charge in [0.25, 0.3) is 5.91 Å². The molecule has 6 heteroatoms. The molecule has 0 radical (unpaired) electrons. The van der Waals surface area contributed by atoms with Gasteiger partial charge in [-0.2, -0.15) is 0 Å². The number of hydrogen-bond donors (Lipinski definition) is 1. The zero-order valence-corrected chi connectivity index (χ0v) is 16.1. The summed E-state index contributed by atoms with van der Waals surface area (Å²) in [5.74, 6) is 0.389. The van der Waals surface area contributed by atoms with E-state index in [0.29, 0.717) is 31.0 Å². The van der Waals surface area contributed by atoms with Crippen molar-refractivity contribution in [2.24, 2.45) is 0 Å². The van der Waals surface area contributed by atoms with Crippen LogP contribution in [0.25, 0.3) is 0 Å². The molecule has 1 aliphatic rings. The molecule has 29 heavy (non-hydrogen) atoms. The maximum Gasteiger partial charge on any atom is 0.254 e. The lowest BCUT2D eigenvalue weighted by Gasteiger charge is -2.36. The SMILES string of the molecule is O=C(c1ccnc(NCc2ccc(F)cc2)c1)N1CCN(c2ccccc2)CC1. The fourth-order valence-electron chi connectivity index (χ4n) is 3.44. The van der Waals surface area contributed by atoms with Gasteiger partial charge in [-0.1, -0.05) is 30.3 Å². The van der Waals surface area contributed by atoms with Crippen molar-refractivity contribution in [3.8, 4) is 0 Å². The van der Waals surface area contributed by atoms with Crippen molar-refractivity contribution in [1.82, 2.24) is 9.88 Å². The van der Waals surface area contributed by atoms with Gasteiger partial charge in [-0.25, -0.2) is 9.37 Å². The van der Waals surface area contributed by atoms with E-state index in [4.69, 9.17) is 0 Å². The number of anilines is 2. The molecule has 1 N–H and O–H groups in total. The van der Waals surface area contributed by atoms with Crippen molar-refractivity contribution < 1.29 is 9.18 Å². The molecule has 3 aromatic rings. The van der Waals surface area contributed by atoms with Crippen LogP contribution in [0.2, 0.25) is 0 Å². The summed E-state index contributed by atoms with van der Waals surface area (Å²) in [5.41, 5.74) is 2.76. The number of carbonyl (C=O) groups excluding carboxylic acids is 1. The Morgan fingerprint density at radius 3 is 2.41 bits per heavy atom. The van der Waals surface area contributed by atoms with Crippen LogP contribution in [0.3, 0.4) is 0 Å². The van der Waals surface area contributed by atoms with Crippen molar-refractivity contribution in [2.75, 3.05) is 36.4 Å². The molecule has 1 fully saturated rings. The number of aromatic nitrogens is 1. The fraction of sp³-hybridized carbons (Fsp3) is 0.217. The largest absolute Gasteiger partial charge is 0.368 e. The molecule has 2 heterocycles. The average molecular weight is 390 g/mol. The number of hydrogen-bond acceptors (Lipinski definition) is 4. The van der Waals surface area contributed by atoms with Crippen LogP contribution in [0.1, 0.15) is 15.9 Å². The topological polar surface area (TPSA) is 48.5 Å². The molecule has 1 amide bonds. The Labute approximate surface area is 169 Å². The number of pyridine rings is 1. The maximum atomic E-state index is 13.0. The molecule has 0 bridgehead atoms. The monoisotopic (exact) mass is 390 g/mol. The molecular weight excluding hydrogens is 367 g/mol. The smallest absolute Gasteiger partial charge is 0.254 e. The summed E-state index contributed by atoms with van der Waals surface area (Å²) in [6, 6.07) is 20.1. The molecule has 0 saturated carbocycles. The van der Waals surface area contributed by atoms with Gasteiger partial charge < -0.3 is 15.1 Å². The Bertz CT molecular complexity index is 954. The van der Waals surface area contributed by atoms with Gasteiger partial charge >= 0.3 is 0 Å². The Hall–Kier alpha value is -3.41. The third kappa shape index (κ3) is 4.71. The van der Waals surface area contributed by atoms with Crippen LogP contribution in [0.4, 0.5) is 15.9 Å². The zero-order chi connectivity index (χ0) is 20.1. The number of benzene rings is 2. The first-order chi connectivity index (χ1) is 14.2. The second-order valence-electron chi connectivity index (χ2n) is 7.02. The summed E-state index contributed by atoms with van der Waals surface area (Å²) >= 11 is 0. The molecule has 0 aliphatic carbocycles. The van der Waals surface area contributed by atoms with E-state index in [-0.39, 0.29) is 11.7 Å². The first kappa shape index (κ1) is 18.9. The molecule has 0 atom stereocenters. The number of carbonyl (C=O) groups is 1. The predicted octanol–water partition coefficient (Wildman–Crippen LogP) is 3.80.